The molecule has 1 aromatic carbocycles. The minimum atomic E-state index is -0.0658. The minimum Gasteiger partial charge on any atom is -0.318 e. The second-order valence-electron chi connectivity index (χ2n) is 8.41. The molecule has 3 heterocycles. The van der Waals surface area contributed by atoms with E-state index in [9.17, 15) is 4.79 Å². The van der Waals surface area contributed by atoms with Gasteiger partial charge in [0, 0.05) is 27.5 Å². The van der Waals surface area contributed by atoms with E-state index in [-0.39, 0.29) is 5.56 Å². The van der Waals surface area contributed by atoms with Crippen LogP contribution in [0.25, 0.3) is 15.9 Å². The van der Waals surface area contributed by atoms with E-state index in [0.717, 1.165) is 46.4 Å². The van der Waals surface area contributed by atoms with E-state index in [1.807, 2.05) is 0 Å². The number of benzene rings is 1. The van der Waals surface area contributed by atoms with Gasteiger partial charge >= 0.3 is 0 Å². The van der Waals surface area contributed by atoms with Crippen LogP contribution in [0.1, 0.15) is 51.4 Å². The Kier molecular flexibility index (Phi) is 4.89. The molecule has 31 heavy (non-hydrogen) atoms. The van der Waals surface area contributed by atoms with Crippen molar-refractivity contribution in [3.8, 4) is 5.69 Å². The van der Waals surface area contributed by atoms with E-state index in [4.69, 9.17) is 0 Å². The Morgan fingerprint density at radius 2 is 1.94 bits per heavy atom. The van der Waals surface area contributed by atoms with Gasteiger partial charge in [-0.15, -0.1) is 11.3 Å². The summed E-state index contributed by atoms with van der Waals surface area (Å²) in [7, 11) is 0. The largest absolute Gasteiger partial charge is 0.318 e. The lowest BCUT2D eigenvalue weighted by Crippen LogP contribution is -2.18. The van der Waals surface area contributed by atoms with Gasteiger partial charge < -0.3 is 4.57 Å². The summed E-state index contributed by atoms with van der Waals surface area (Å²) in [5.74, 6) is 0. The zero-order chi connectivity index (χ0) is 21.7. The lowest BCUT2D eigenvalue weighted by Gasteiger charge is -2.14. The molecule has 4 aromatic rings. The second-order valence-corrected chi connectivity index (χ2v) is 9.49. The molecule has 0 unspecified atom stereocenters. The maximum Gasteiger partial charge on any atom is 0.282 e. The van der Waals surface area contributed by atoms with Gasteiger partial charge in [-0.1, -0.05) is 12.1 Å². The molecule has 1 aliphatic rings. The number of rotatable bonds is 3. The molecular formula is C25H26N4OS. The van der Waals surface area contributed by atoms with Gasteiger partial charge in [-0.2, -0.15) is 9.78 Å². The van der Waals surface area contributed by atoms with Gasteiger partial charge in [-0.05, 0) is 82.2 Å². The molecule has 0 spiro atoms. The molecule has 0 amide bonds. The van der Waals surface area contributed by atoms with Gasteiger partial charge in [-0.3, -0.25) is 4.79 Å². The average Bonchev–Trinajstić information content (AvgIpc) is 3.27. The molecule has 0 saturated heterocycles. The van der Waals surface area contributed by atoms with E-state index in [1.165, 1.54) is 38.4 Å². The van der Waals surface area contributed by atoms with Crippen LogP contribution in [0.4, 0.5) is 0 Å². The highest BCUT2D eigenvalue weighted by atomic mass is 32.1. The molecule has 158 valence electrons. The monoisotopic (exact) mass is 430 g/mol. The SMILES string of the molecule is Cc1cccc(-n2c(C)cc(/C=N/n3cnc4sc5c(c4c3=O)CCCC5)c2C)c1C. The van der Waals surface area contributed by atoms with Crippen LogP contribution in [-0.2, 0) is 12.8 Å². The number of thiophene rings is 1. The van der Waals surface area contributed by atoms with Crippen molar-refractivity contribution in [2.45, 2.75) is 53.4 Å². The molecule has 5 rings (SSSR count). The first-order valence-corrected chi connectivity index (χ1v) is 11.6. The Hall–Kier alpha value is -2.99. The third-order valence-corrected chi connectivity index (χ3v) is 7.67. The molecule has 0 aliphatic heterocycles. The number of aryl methyl sites for hydroxylation is 4. The predicted octanol–water partition coefficient (Wildman–Crippen LogP) is 5.24. The molecular weight excluding hydrogens is 404 g/mol. The number of hydrogen-bond donors (Lipinski definition) is 0. The molecule has 0 fully saturated rings. The van der Waals surface area contributed by atoms with Crippen molar-refractivity contribution in [2.24, 2.45) is 5.10 Å². The Morgan fingerprint density at radius 1 is 1.13 bits per heavy atom. The van der Waals surface area contributed by atoms with Crippen LogP contribution in [0.5, 0.6) is 0 Å². The average molecular weight is 431 g/mol. The Labute approximate surface area is 185 Å². The van der Waals surface area contributed by atoms with Crippen molar-refractivity contribution < 1.29 is 0 Å². The third kappa shape index (κ3) is 3.26. The normalized spacial score (nSPS) is 13.9. The van der Waals surface area contributed by atoms with Crippen molar-refractivity contribution in [2.75, 3.05) is 0 Å². The van der Waals surface area contributed by atoms with Gasteiger partial charge in [-0.25, -0.2) is 4.98 Å². The van der Waals surface area contributed by atoms with E-state index >= 15 is 0 Å². The maximum absolute atomic E-state index is 13.2. The number of fused-ring (bicyclic) bond motifs is 3. The fraction of sp³-hybridized carbons (Fsp3) is 0.320. The first-order chi connectivity index (χ1) is 15.0. The third-order valence-electron chi connectivity index (χ3n) is 6.47. The van der Waals surface area contributed by atoms with Crippen LogP contribution < -0.4 is 5.56 Å². The molecule has 5 nitrogen and oxygen atoms in total. The Morgan fingerprint density at radius 3 is 2.77 bits per heavy atom. The van der Waals surface area contributed by atoms with Crippen LogP contribution in [0.3, 0.4) is 0 Å². The molecule has 0 bridgehead atoms. The highest BCUT2D eigenvalue weighted by molar-refractivity contribution is 7.18. The standard InChI is InChI=1S/C25H26N4OS/c1-15-8-7-10-21(17(15)3)29-16(2)12-19(18(29)4)13-27-28-14-26-24-23(25(28)30)20-9-5-6-11-22(20)31-24/h7-8,10,12-14H,5-6,9,11H2,1-4H3/b27-13+. The van der Waals surface area contributed by atoms with Gasteiger partial charge in [0.2, 0.25) is 0 Å². The topological polar surface area (TPSA) is 52.2 Å². The summed E-state index contributed by atoms with van der Waals surface area (Å²) in [5, 5.41) is 5.28. The fourth-order valence-electron chi connectivity index (χ4n) is 4.61. The zero-order valence-corrected chi connectivity index (χ0v) is 19.2. The molecule has 0 radical (unpaired) electrons. The fourth-order valence-corrected chi connectivity index (χ4v) is 5.83. The Balaban J connectivity index is 1.56. The molecule has 1 aliphatic carbocycles. The number of nitrogens with zero attached hydrogens (tertiary/aromatic N) is 4. The van der Waals surface area contributed by atoms with E-state index in [0.29, 0.717) is 0 Å². The van der Waals surface area contributed by atoms with Crippen LogP contribution in [0.2, 0.25) is 0 Å². The zero-order valence-electron chi connectivity index (χ0n) is 18.4. The van der Waals surface area contributed by atoms with Crippen molar-refractivity contribution in [1.82, 2.24) is 14.2 Å². The highest BCUT2D eigenvalue weighted by Crippen LogP contribution is 2.33. The number of hydrogen-bond acceptors (Lipinski definition) is 4. The summed E-state index contributed by atoms with van der Waals surface area (Å²) in [6.07, 6.45) is 7.69. The second kappa shape index (κ2) is 7.61. The summed E-state index contributed by atoms with van der Waals surface area (Å²) in [6, 6.07) is 8.48. The van der Waals surface area contributed by atoms with Crippen molar-refractivity contribution in [1.29, 1.82) is 0 Å². The van der Waals surface area contributed by atoms with Gasteiger partial charge in [0.15, 0.2) is 0 Å². The van der Waals surface area contributed by atoms with Crippen LogP contribution >= 0.6 is 11.3 Å². The van der Waals surface area contributed by atoms with Crippen LogP contribution in [0, 0.1) is 27.7 Å². The molecule has 0 saturated carbocycles. The summed E-state index contributed by atoms with van der Waals surface area (Å²) in [4.78, 5) is 19.9. The summed E-state index contributed by atoms with van der Waals surface area (Å²) >= 11 is 1.67. The first kappa shape index (κ1) is 19.9. The van der Waals surface area contributed by atoms with Gasteiger partial charge in [0.25, 0.3) is 5.56 Å². The summed E-state index contributed by atoms with van der Waals surface area (Å²) in [5.41, 5.74) is 8.08. The lowest BCUT2D eigenvalue weighted by molar-refractivity contribution is 0.699. The highest BCUT2D eigenvalue weighted by Gasteiger charge is 2.20. The van der Waals surface area contributed by atoms with E-state index in [2.05, 4.69) is 66.6 Å². The van der Waals surface area contributed by atoms with Crippen LogP contribution in [-0.4, -0.2) is 20.4 Å². The molecule has 6 heteroatoms. The van der Waals surface area contributed by atoms with Crippen molar-refractivity contribution >= 4 is 27.8 Å². The minimum absolute atomic E-state index is 0.0658. The van der Waals surface area contributed by atoms with Gasteiger partial charge in [0.05, 0.1) is 11.6 Å². The van der Waals surface area contributed by atoms with Crippen LogP contribution in [0.15, 0.2) is 40.5 Å². The summed E-state index contributed by atoms with van der Waals surface area (Å²) < 4.78 is 3.64. The van der Waals surface area contributed by atoms with E-state index in [1.54, 1.807) is 23.9 Å². The van der Waals surface area contributed by atoms with E-state index < -0.39 is 0 Å². The summed E-state index contributed by atoms with van der Waals surface area (Å²) in [6.45, 7) is 8.48. The molecule has 3 aromatic heterocycles. The predicted molar refractivity (Wildman–Crippen MR) is 128 cm³/mol. The van der Waals surface area contributed by atoms with Crippen molar-refractivity contribution in [3.63, 3.8) is 0 Å². The molecule has 0 atom stereocenters. The van der Waals surface area contributed by atoms with Crippen molar-refractivity contribution in [3.05, 3.63) is 79.5 Å². The smallest absolute Gasteiger partial charge is 0.282 e. The quantitative estimate of drug-likeness (QED) is 0.417. The maximum atomic E-state index is 13.2. The molecule has 0 N–H and O–H groups in total. The number of aromatic nitrogens is 3. The Bertz CT molecular complexity index is 1400. The lowest BCUT2D eigenvalue weighted by atomic mass is 9.97. The van der Waals surface area contributed by atoms with Gasteiger partial charge in [0.1, 0.15) is 11.2 Å². The first-order valence-electron chi connectivity index (χ1n) is 10.8.